The molecule has 0 aliphatic rings. The fourth-order valence-corrected chi connectivity index (χ4v) is 2.39. The molecule has 1 amide bonds. The van der Waals surface area contributed by atoms with Crippen LogP contribution in [0.2, 0.25) is 0 Å². The Balaban J connectivity index is 1.86. The molecule has 0 saturated heterocycles. The summed E-state index contributed by atoms with van der Waals surface area (Å²) < 4.78 is 10.7. The average molecular weight is 371 g/mol. The number of carbonyl (C=O) groups is 2. The number of nitrogens with one attached hydrogen (secondary N) is 1. The molecule has 0 saturated carbocycles. The minimum Gasteiger partial charge on any atom is -0.489 e. The molecule has 0 aliphatic carbocycles. The molecule has 0 fully saturated rings. The van der Waals surface area contributed by atoms with Crippen LogP contribution in [0.3, 0.4) is 0 Å². The lowest BCUT2D eigenvalue weighted by Crippen LogP contribution is -2.42. The summed E-state index contributed by atoms with van der Waals surface area (Å²) in [6, 6.07) is 15.9. The highest BCUT2D eigenvalue weighted by Crippen LogP contribution is 2.15. The van der Waals surface area contributed by atoms with E-state index in [1.165, 1.54) is 0 Å². The van der Waals surface area contributed by atoms with Crippen molar-refractivity contribution in [2.75, 3.05) is 6.61 Å². The Morgan fingerprint density at radius 3 is 2.37 bits per heavy atom. The highest BCUT2D eigenvalue weighted by molar-refractivity contribution is 5.80. The number of carboxylic acids is 1. The maximum Gasteiger partial charge on any atom is 0.407 e. The molecular formula is C21H25NO5. The molecule has 2 rings (SSSR count). The monoisotopic (exact) mass is 371 g/mol. The number of unbranched alkanes of at least 4 members (excludes halogenated alkanes) is 1. The molecule has 0 aliphatic heterocycles. The van der Waals surface area contributed by atoms with Crippen molar-refractivity contribution >= 4 is 12.1 Å². The number of alkyl carbamates (subject to hydrolysis) is 1. The molecule has 0 bridgehead atoms. The molecule has 6 heteroatoms. The third-order valence-corrected chi connectivity index (χ3v) is 3.93. The van der Waals surface area contributed by atoms with Crippen LogP contribution in [0.4, 0.5) is 4.79 Å². The van der Waals surface area contributed by atoms with E-state index in [1.54, 1.807) is 24.3 Å². The highest BCUT2D eigenvalue weighted by atomic mass is 16.5. The topological polar surface area (TPSA) is 84.9 Å². The zero-order chi connectivity index (χ0) is 19.5. The van der Waals surface area contributed by atoms with Gasteiger partial charge in [0.15, 0.2) is 0 Å². The molecule has 1 atom stereocenters. The van der Waals surface area contributed by atoms with Gasteiger partial charge >= 0.3 is 12.1 Å². The lowest BCUT2D eigenvalue weighted by Gasteiger charge is -2.15. The van der Waals surface area contributed by atoms with E-state index in [-0.39, 0.29) is 13.0 Å². The van der Waals surface area contributed by atoms with E-state index in [2.05, 4.69) is 5.32 Å². The molecule has 0 aromatic heterocycles. The zero-order valence-corrected chi connectivity index (χ0v) is 15.4. The van der Waals surface area contributed by atoms with Gasteiger partial charge in [0.05, 0.1) is 6.61 Å². The number of ether oxygens (including phenoxy) is 2. The Morgan fingerprint density at radius 2 is 1.74 bits per heavy atom. The second kappa shape index (κ2) is 10.9. The predicted octanol–water partition coefficient (Wildman–Crippen LogP) is 3.79. The van der Waals surface area contributed by atoms with Crippen LogP contribution in [0.25, 0.3) is 0 Å². The summed E-state index contributed by atoms with van der Waals surface area (Å²) in [6.45, 7) is 2.72. The van der Waals surface area contributed by atoms with E-state index in [1.807, 2.05) is 37.3 Å². The van der Waals surface area contributed by atoms with Gasteiger partial charge in [-0.25, -0.2) is 9.59 Å². The quantitative estimate of drug-likeness (QED) is 0.621. The van der Waals surface area contributed by atoms with E-state index in [9.17, 15) is 14.7 Å². The lowest BCUT2D eigenvalue weighted by molar-refractivity contribution is -0.139. The highest BCUT2D eigenvalue weighted by Gasteiger charge is 2.21. The van der Waals surface area contributed by atoms with E-state index >= 15 is 0 Å². The van der Waals surface area contributed by atoms with Gasteiger partial charge in [-0.1, -0.05) is 55.8 Å². The summed E-state index contributed by atoms with van der Waals surface area (Å²) in [7, 11) is 0. The molecule has 2 N–H and O–H groups in total. The molecule has 6 nitrogen and oxygen atoms in total. The number of hydrogen-bond acceptors (Lipinski definition) is 4. The summed E-state index contributed by atoms with van der Waals surface area (Å²) in [6.07, 6.45) is 1.10. The Hall–Kier alpha value is -3.02. The van der Waals surface area contributed by atoms with Crippen molar-refractivity contribution in [1.82, 2.24) is 5.32 Å². The van der Waals surface area contributed by atoms with E-state index in [0.29, 0.717) is 12.4 Å². The Bertz CT molecular complexity index is 715. The van der Waals surface area contributed by atoms with Gasteiger partial charge in [-0.05, 0) is 29.7 Å². The summed E-state index contributed by atoms with van der Waals surface area (Å²) in [5, 5.41) is 11.7. The molecule has 144 valence electrons. The summed E-state index contributed by atoms with van der Waals surface area (Å²) in [5.74, 6) is -0.409. The first kappa shape index (κ1) is 20.3. The normalized spacial score (nSPS) is 11.4. The summed E-state index contributed by atoms with van der Waals surface area (Å²) in [5.41, 5.74) is 1.85. The van der Waals surface area contributed by atoms with Crippen LogP contribution in [0.1, 0.15) is 30.9 Å². The van der Waals surface area contributed by atoms with Gasteiger partial charge in [0, 0.05) is 6.42 Å². The lowest BCUT2D eigenvalue weighted by atomic mass is 10.1. The predicted molar refractivity (Wildman–Crippen MR) is 102 cm³/mol. The second-order valence-corrected chi connectivity index (χ2v) is 6.15. The number of carboxylic acid groups (broad SMARTS) is 1. The van der Waals surface area contributed by atoms with Gasteiger partial charge in [0.25, 0.3) is 0 Å². The van der Waals surface area contributed by atoms with Crippen molar-refractivity contribution in [1.29, 1.82) is 0 Å². The van der Waals surface area contributed by atoms with Crippen molar-refractivity contribution in [2.45, 2.75) is 38.8 Å². The standard InChI is InChI=1S/C21H25NO5/c1-2-3-13-26-21(25)22-19(20(23)24)14-16-9-11-18(12-10-16)27-15-17-7-5-4-6-8-17/h4-12,19H,2-3,13-15H2,1H3,(H,22,25)(H,23,24)/t19-/m0/s1. The number of rotatable bonds is 10. The Labute approximate surface area is 159 Å². The van der Waals surface area contributed by atoms with Gasteiger partial charge in [-0.2, -0.15) is 0 Å². The van der Waals surface area contributed by atoms with Gasteiger partial charge in [-0.3, -0.25) is 0 Å². The van der Waals surface area contributed by atoms with Gasteiger partial charge in [0.1, 0.15) is 18.4 Å². The maximum atomic E-state index is 11.7. The minimum atomic E-state index is -1.10. The molecule has 0 spiro atoms. The third kappa shape index (κ3) is 7.40. The van der Waals surface area contributed by atoms with Crippen molar-refractivity contribution < 1.29 is 24.2 Å². The van der Waals surface area contributed by atoms with E-state index < -0.39 is 18.1 Å². The second-order valence-electron chi connectivity index (χ2n) is 6.15. The first-order valence-electron chi connectivity index (χ1n) is 9.00. The van der Waals surface area contributed by atoms with Gasteiger partial charge in [-0.15, -0.1) is 0 Å². The van der Waals surface area contributed by atoms with Crippen LogP contribution < -0.4 is 10.1 Å². The Morgan fingerprint density at radius 1 is 1.04 bits per heavy atom. The molecule has 0 unspecified atom stereocenters. The van der Waals surface area contributed by atoms with Crippen molar-refractivity contribution in [3.05, 3.63) is 65.7 Å². The minimum absolute atomic E-state index is 0.164. The molecular weight excluding hydrogens is 346 g/mol. The molecule has 0 radical (unpaired) electrons. The largest absolute Gasteiger partial charge is 0.489 e. The van der Waals surface area contributed by atoms with Crippen LogP contribution in [0.15, 0.2) is 54.6 Å². The summed E-state index contributed by atoms with van der Waals surface area (Å²) >= 11 is 0. The first-order chi connectivity index (χ1) is 13.1. The van der Waals surface area contributed by atoms with Crippen LogP contribution in [-0.4, -0.2) is 29.8 Å². The van der Waals surface area contributed by atoms with Crippen LogP contribution in [-0.2, 0) is 22.6 Å². The number of benzene rings is 2. The zero-order valence-electron chi connectivity index (χ0n) is 15.4. The molecule has 2 aromatic carbocycles. The smallest absolute Gasteiger partial charge is 0.407 e. The van der Waals surface area contributed by atoms with E-state index in [4.69, 9.17) is 9.47 Å². The van der Waals surface area contributed by atoms with Crippen molar-refractivity contribution in [2.24, 2.45) is 0 Å². The van der Waals surface area contributed by atoms with Crippen molar-refractivity contribution in [3.8, 4) is 5.75 Å². The van der Waals surface area contributed by atoms with Crippen LogP contribution >= 0.6 is 0 Å². The number of amides is 1. The average Bonchev–Trinajstić information content (AvgIpc) is 2.68. The summed E-state index contributed by atoms with van der Waals surface area (Å²) in [4.78, 5) is 23.1. The fourth-order valence-electron chi connectivity index (χ4n) is 2.39. The van der Waals surface area contributed by atoms with Crippen LogP contribution in [0.5, 0.6) is 5.75 Å². The SMILES string of the molecule is CCCCOC(=O)N[C@@H](Cc1ccc(OCc2ccccc2)cc1)C(=O)O. The Kier molecular flexibility index (Phi) is 8.16. The van der Waals surface area contributed by atoms with Gasteiger partial charge < -0.3 is 19.9 Å². The molecule has 0 heterocycles. The van der Waals surface area contributed by atoms with Gasteiger partial charge in [0.2, 0.25) is 0 Å². The van der Waals surface area contributed by atoms with E-state index in [0.717, 1.165) is 24.0 Å². The number of hydrogen-bond donors (Lipinski definition) is 2. The van der Waals surface area contributed by atoms with Crippen LogP contribution in [0, 0.1) is 0 Å². The number of carbonyl (C=O) groups excluding carboxylic acids is 1. The van der Waals surface area contributed by atoms with Crippen molar-refractivity contribution in [3.63, 3.8) is 0 Å². The molecule has 27 heavy (non-hydrogen) atoms. The fraction of sp³-hybridized carbons (Fsp3) is 0.333. The number of aliphatic carboxylic acids is 1. The first-order valence-corrected chi connectivity index (χ1v) is 9.00. The maximum absolute atomic E-state index is 11.7. The molecule has 2 aromatic rings. The third-order valence-electron chi connectivity index (χ3n) is 3.93.